The van der Waals surface area contributed by atoms with Crippen LogP contribution >= 0.6 is 11.6 Å². The maximum Gasteiger partial charge on any atom is 0.408 e. The quantitative estimate of drug-likeness (QED) is 0.269. The maximum atomic E-state index is 13.6. The highest BCUT2D eigenvalue weighted by molar-refractivity contribution is 6.30. The number of benzene rings is 2. The number of carbonyl (C=O) groups is 2. The number of carbonyl (C=O) groups excluding carboxylic acids is 1. The van der Waals surface area contributed by atoms with Gasteiger partial charge in [0.05, 0.1) is 25.1 Å². The molecular weight excluding hydrogens is 564 g/mol. The van der Waals surface area contributed by atoms with E-state index in [1.807, 2.05) is 18.2 Å². The molecule has 0 aliphatic carbocycles. The van der Waals surface area contributed by atoms with Crippen LogP contribution in [-0.4, -0.2) is 56.5 Å². The van der Waals surface area contributed by atoms with Crippen LogP contribution in [0.25, 0.3) is 22.6 Å². The van der Waals surface area contributed by atoms with Crippen LogP contribution in [-0.2, 0) is 9.53 Å². The summed E-state index contributed by atoms with van der Waals surface area (Å²) in [5.41, 5.74) is 0.252. The lowest BCUT2D eigenvalue weighted by Gasteiger charge is -2.32. The summed E-state index contributed by atoms with van der Waals surface area (Å²) in [6.45, 7) is 8.28. The van der Waals surface area contributed by atoms with Crippen molar-refractivity contribution in [3.05, 3.63) is 76.4 Å². The van der Waals surface area contributed by atoms with Gasteiger partial charge in [0, 0.05) is 16.5 Å². The Balaban J connectivity index is 1.59. The van der Waals surface area contributed by atoms with Crippen LogP contribution in [0.3, 0.4) is 0 Å². The molecular formula is C30H33ClN4O7. The van der Waals surface area contributed by atoms with Gasteiger partial charge in [-0.15, -0.1) is 0 Å². The van der Waals surface area contributed by atoms with Gasteiger partial charge in [0.1, 0.15) is 23.6 Å². The normalized spacial score (nSPS) is 12.5. The molecule has 2 aromatic heterocycles. The van der Waals surface area contributed by atoms with Crippen molar-refractivity contribution in [2.75, 3.05) is 13.7 Å². The number of hydrogen-bond acceptors (Lipinski definition) is 7. The zero-order chi connectivity index (χ0) is 30.8. The van der Waals surface area contributed by atoms with Crippen molar-refractivity contribution in [1.82, 2.24) is 19.3 Å². The second kappa shape index (κ2) is 11.8. The first-order valence-corrected chi connectivity index (χ1v) is 13.5. The summed E-state index contributed by atoms with van der Waals surface area (Å²) in [7, 11) is 1.45. The highest BCUT2D eigenvalue weighted by atomic mass is 35.5. The Morgan fingerprint density at radius 3 is 2.33 bits per heavy atom. The van der Waals surface area contributed by atoms with Crippen LogP contribution in [0, 0.1) is 5.41 Å². The molecule has 11 nitrogen and oxygen atoms in total. The number of amides is 1. The van der Waals surface area contributed by atoms with Gasteiger partial charge in [-0.1, -0.05) is 37.6 Å². The minimum absolute atomic E-state index is 0.0866. The standard InChI is InChI=1S/C30H33ClN4O7/c1-29(2,3)42-27(38)33-25(26(36)37)30(4,5)16-41-22-13-11-20(15-23(22)40-6)34-17-32-24-14-12-21(35(24)28(34)39)18-7-9-19(31)10-8-18/h7-15,17,25H,16H2,1-6H3,(H,33,38)(H,36,37). The van der Waals surface area contributed by atoms with Crippen LogP contribution in [0.2, 0.25) is 5.02 Å². The average molecular weight is 597 g/mol. The first-order valence-electron chi connectivity index (χ1n) is 13.1. The zero-order valence-corrected chi connectivity index (χ0v) is 24.9. The van der Waals surface area contributed by atoms with Gasteiger partial charge in [0.15, 0.2) is 11.5 Å². The lowest BCUT2D eigenvalue weighted by atomic mass is 9.85. The van der Waals surface area contributed by atoms with Crippen LogP contribution in [0.1, 0.15) is 34.6 Å². The molecule has 0 aliphatic heterocycles. The monoisotopic (exact) mass is 596 g/mol. The molecule has 4 aromatic rings. The molecule has 2 heterocycles. The number of hydrogen-bond donors (Lipinski definition) is 2. The van der Waals surface area contributed by atoms with E-state index in [2.05, 4.69) is 10.3 Å². The van der Waals surface area contributed by atoms with Crippen LogP contribution in [0.5, 0.6) is 11.5 Å². The Hall–Kier alpha value is -4.51. The lowest BCUT2D eigenvalue weighted by molar-refractivity contribution is -0.143. The van der Waals surface area contributed by atoms with Crippen LogP contribution < -0.4 is 20.5 Å². The van der Waals surface area contributed by atoms with Crippen molar-refractivity contribution in [2.45, 2.75) is 46.3 Å². The molecule has 0 radical (unpaired) electrons. The summed E-state index contributed by atoms with van der Waals surface area (Å²) in [5.74, 6) is -0.602. The topological polar surface area (TPSA) is 133 Å². The predicted octanol–water partition coefficient (Wildman–Crippen LogP) is 5.20. The van der Waals surface area contributed by atoms with Crippen molar-refractivity contribution in [2.24, 2.45) is 5.41 Å². The van der Waals surface area contributed by atoms with E-state index in [9.17, 15) is 19.5 Å². The van der Waals surface area contributed by atoms with Crippen molar-refractivity contribution in [3.63, 3.8) is 0 Å². The third-order valence-electron chi connectivity index (χ3n) is 6.42. The number of methoxy groups -OCH3 is 1. The van der Waals surface area contributed by atoms with Gasteiger partial charge >= 0.3 is 17.8 Å². The second-order valence-electron chi connectivity index (χ2n) is 11.3. The van der Waals surface area contributed by atoms with Crippen molar-refractivity contribution >= 4 is 29.3 Å². The molecule has 0 saturated carbocycles. The molecule has 0 bridgehead atoms. The highest BCUT2D eigenvalue weighted by Gasteiger charge is 2.38. The number of carboxylic acids is 1. The van der Waals surface area contributed by atoms with E-state index in [-0.39, 0.29) is 12.3 Å². The van der Waals surface area contributed by atoms with E-state index < -0.39 is 29.1 Å². The molecule has 0 aliphatic rings. The van der Waals surface area contributed by atoms with Gasteiger partial charge in [0.25, 0.3) is 0 Å². The summed E-state index contributed by atoms with van der Waals surface area (Å²) in [5, 5.41) is 12.8. The number of halogens is 1. The number of aromatic nitrogens is 3. The SMILES string of the molecule is COc1cc(-n2cnc3ccc(-c4ccc(Cl)cc4)n3c2=O)ccc1OCC(C)(C)C(NC(=O)OC(C)(C)C)C(=O)O. The lowest BCUT2D eigenvalue weighted by Crippen LogP contribution is -2.53. The van der Waals surface area contributed by atoms with E-state index in [4.69, 9.17) is 25.8 Å². The fourth-order valence-corrected chi connectivity index (χ4v) is 4.44. The van der Waals surface area contributed by atoms with Crippen molar-refractivity contribution < 1.29 is 28.9 Å². The Kier molecular flexibility index (Phi) is 8.53. The first kappa shape index (κ1) is 30.4. The Morgan fingerprint density at radius 2 is 1.71 bits per heavy atom. The molecule has 1 atom stereocenters. The number of carboxylic acid groups (broad SMARTS) is 1. The third kappa shape index (κ3) is 6.68. The van der Waals surface area contributed by atoms with Gasteiger partial charge in [-0.2, -0.15) is 0 Å². The largest absolute Gasteiger partial charge is 0.493 e. The number of nitrogens with zero attached hydrogens (tertiary/aromatic N) is 3. The molecule has 0 fully saturated rings. The van der Waals surface area contributed by atoms with E-state index in [1.165, 1.54) is 22.4 Å². The number of fused-ring (bicyclic) bond motifs is 1. The summed E-state index contributed by atoms with van der Waals surface area (Å²) < 4.78 is 19.6. The predicted molar refractivity (Wildman–Crippen MR) is 158 cm³/mol. The Bertz CT molecular complexity index is 1670. The molecule has 1 unspecified atom stereocenters. The Labute approximate surface area is 247 Å². The molecule has 1 amide bonds. The van der Waals surface area contributed by atoms with Crippen molar-refractivity contribution in [3.8, 4) is 28.4 Å². The molecule has 222 valence electrons. The molecule has 12 heteroatoms. The Morgan fingerprint density at radius 1 is 1.02 bits per heavy atom. The molecule has 0 spiro atoms. The summed E-state index contributed by atoms with van der Waals surface area (Å²) in [6.07, 6.45) is 0.587. The van der Waals surface area contributed by atoms with Crippen molar-refractivity contribution in [1.29, 1.82) is 0 Å². The first-order chi connectivity index (χ1) is 19.7. The molecule has 2 aromatic carbocycles. The summed E-state index contributed by atoms with van der Waals surface area (Å²) in [4.78, 5) is 42.3. The second-order valence-corrected chi connectivity index (χ2v) is 11.8. The number of ether oxygens (including phenoxy) is 3. The fourth-order valence-electron chi connectivity index (χ4n) is 4.31. The minimum atomic E-state index is -1.30. The number of aliphatic carboxylic acids is 1. The summed E-state index contributed by atoms with van der Waals surface area (Å²) in [6, 6.07) is 14.3. The van der Waals surface area contributed by atoms with Crippen LogP contribution in [0.4, 0.5) is 4.79 Å². The van der Waals surface area contributed by atoms with E-state index in [0.717, 1.165) is 5.56 Å². The van der Waals surface area contributed by atoms with E-state index >= 15 is 0 Å². The smallest absolute Gasteiger partial charge is 0.408 e. The molecule has 4 rings (SSSR count). The van der Waals surface area contributed by atoms with E-state index in [1.54, 1.807) is 71.0 Å². The number of alkyl carbamates (subject to hydrolysis) is 1. The fraction of sp³-hybridized carbons (Fsp3) is 0.333. The molecule has 0 saturated heterocycles. The minimum Gasteiger partial charge on any atom is -0.493 e. The number of rotatable bonds is 9. The van der Waals surface area contributed by atoms with Gasteiger partial charge in [-0.25, -0.2) is 23.8 Å². The van der Waals surface area contributed by atoms with Gasteiger partial charge in [-0.3, -0.25) is 4.57 Å². The average Bonchev–Trinajstić information content (AvgIpc) is 3.35. The highest BCUT2D eigenvalue weighted by Crippen LogP contribution is 2.32. The zero-order valence-electron chi connectivity index (χ0n) is 24.2. The summed E-state index contributed by atoms with van der Waals surface area (Å²) >= 11 is 6.03. The third-order valence-corrected chi connectivity index (χ3v) is 6.67. The van der Waals surface area contributed by atoms with Crippen LogP contribution in [0.15, 0.2) is 65.7 Å². The maximum absolute atomic E-state index is 13.6. The van der Waals surface area contributed by atoms with Gasteiger partial charge in [-0.05, 0) is 62.7 Å². The van der Waals surface area contributed by atoms with Gasteiger partial charge < -0.3 is 24.6 Å². The molecule has 2 N–H and O–H groups in total. The molecule has 42 heavy (non-hydrogen) atoms. The van der Waals surface area contributed by atoms with E-state index in [0.29, 0.717) is 33.6 Å². The number of nitrogens with one attached hydrogen (secondary N) is 1. The van der Waals surface area contributed by atoms with Gasteiger partial charge in [0.2, 0.25) is 0 Å².